The molecule has 0 bridgehead atoms. The van der Waals surface area contributed by atoms with Crippen molar-refractivity contribution >= 4 is 17.7 Å². The largest absolute Gasteiger partial charge is 0.377 e. The molecular weight excluding hydrogens is 326 g/mol. The van der Waals surface area contributed by atoms with E-state index in [1.165, 1.54) is 0 Å². The highest BCUT2D eigenvalue weighted by Crippen LogP contribution is 2.44. The fourth-order valence-corrected chi connectivity index (χ4v) is 3.91. The van der Waals surface area contributed by atoms with Crippen LogP contribution < -0.4 is 10.7 Å². The number of hydrogen-bond donors (Lipinski definition) is 3. The fraction of sp³-hybridized carbons (Fsp3) is 0.150. The molecule has 0 amide bonds. The first-order valence-electron chi connectivity index (χ1n) is 8.59. The topological polar surface area (TPSA) is 82.2 Å². The van der Waals surface area contributed by atoms with Crippen LogP contribution in [-0.2, 0) is 4.79 Å². The Labute approximate surface area is 150 Å². The second kappa shape index (κ2) is 5.84. The second-order valence-electron chi connectivity index (χ2n) is 6.49. The van der Waals surface area contributed by atoms with Crippen LogP contribution in [0.3, 0.4) is 0 Å². The maximum atomic E-state index is 11.5. The van der Waals surface area contributed by atoms with Crippen molar-refractivity contribution < 1.29 is 4.79 Å². The van der Waals surface area contributed by atoms with Crippen LogP contribution in [0.5, 0.6) is 0 Å². The second-order valence-corrected chi connectivity index (χ2v) is 6.49. The summed E-state index contributed by atoms with van der Waals surface area (Å²) in [7, 11) is 0. The standard InChI is InChI=1S/C20H17N5O/c26-11-15-13-7-4-8-14-16(13)19(25-24-15)17(20-21-9-10-22-20)18(23-14)12-5-2-1-3-6-12/h1-11,15,17-18,23-24H,(H,21,22). The zero-order valence-electron chi connectivity index (χ0n) is 13.9. The van der Waals surface area contributed by atoms with E-state index in [2.05, 4.69) is 37.9 Å². The number of hydrogen-bond acceptors (Lipinski definition) is 5. The molecule has 3 heterocycles. The van der Waals surface area contributed by atoms with Crippen molar-refractivity contribution in [1.29, 1.82) is 0 Å². The molecule has 3 N–H and O–H groups in total. The average molecular weight is 343 g/mol. The highest BCUT2D eigenvalue weighted by atomic mass is 16.1. The Balaban J connectivity index is 1.73. The lowest BCUT2D eigenvalue weighted by Crippen LogP contribution is -2.39. The van der Waals surface area contributed by atoms with Crippen molar-refractivity contribution in [1.82, 2.24) is 15.4 Å². The van der Waals surface area contributed by atoms with Crippen LogP contribution in [0.15, 0.2) is 66.0 Å². The number of anilines is 1. The predicted octanol–water partition coefficient (Wildman–Crippen LogP) is 2.91. The first-order chi connectivity index (χ1) is 12.9. The van der Waals surface area contributed by atoms with Gasteiger partial charge in [0.1, 0.15) is 18.2 Å². The first kappa shape index (κ1) is 14.9. The molecule has 6 nitrogen and oxygen atoms in total. The summed E-state index contributed by atoms with van der Waals surface area (Å²) in [5.41, 5.74) is 7.99. The minimum absolute atomic E-state index is 0.0153. The van der Waals surface area contributed by atoms with Crippen LogP contribution in [0.1, 0.15) is 40.5 Å². The van der Waals surface area contributed by atoms with Crippen molar-refractivity contribution in [3.05, 3.63) is 83.4 Å². The molecule has 3 atom stereocenters. The number of carbonyl (C=O) groups excluding carboxylic acids is 1. The van der Waals surface area contributed by atoms with Gasteiger partial charge in [0, 0.05) is 23.6 Å². The Kier molecular flexibility index (Phi) is 3.35. The van der Waals surface area contributed by atoms with Crippen molar-refractivity contribution in [2.45, 2.75) is 18.0 Å². The maximum absolute atomic E-state index is 11.5. The number of aldehydes is 1. The van der Waals surface area contributed by atoms with Crippen LogP contribution >= 0.6 is 0 Å². The van der Waals surface area contributed by atoms with Gasteiger partial charge in [-0.15, -0.1) is 0 Å². The Morgan fingerprint density at radius 2 is 1.92 bits per heavy atom. The smallest absolute Gasteiger partial charge is 0.148 e. The van der Waals surface area contributed by atoms with Gasteiger partial charge >= 0.3 is 0 Å². The number of rotatable bonds is 3. The van der Waals surface area contributed by atoms with Crippen LogP contribution in [0.2, 0.25) is 0 Å². The third kappa shape index (κ3) is 2.15. The average Bonchev–Trinajstić information content (AvgIpc) is 3.23. The molecule has 3 unspecified atom stereocenters. The summed E-state index contributed by atoms with van der Waals surface area (Å²) in [5.74, 6) is 0.748. The molecule has 2 aromatic carbocycles. The van der Waals surface area contributed by atoms with Gasteiger partial charge in [0.2, 0.25) is 0 Å². The number of nitrogens with one attached hydrogen (secondary N) is 3. The fourth-order valence-electron chi connectivity index (χ4n) is 3.91. The summed E-state index contributed by atoms with van der Waals surface area (Å²) < 4.78 is 0. The molecule has 0 radical (unpaired) electrons. The molecule has 6 heteroatoms. The lowest BCUT2D eigenvalue weighted by molar-refractivity contribution is -0.109. The number of carbonyl (C=O) groups is 1. The lowest BCUT2D eigenvalue weighted by Gasteiger charge is -2.38. The van der Waals surface area contributed by atoms with Crippen LogP contribution in [0, 0.1) is 0 Å². The van der Waals surface area contributed by atoms with E-state index in [4.69, 9.17) is 0 Å². The zero-order valence-corrected chi connectivity index (χ0v) is 13.9. The van der Waals surface area contributed by atoms with Gasteiger partial charge in [-0.25, -0.2) is 4.98 Å². The third-order valence-electron chi connectivity index (χ3n) is 5.06. The summed E-state index contributed by atoms with van der Waals surface area (Å²) in [6.07, 6.45) is 4.47. The lowest BCUT2D eigenvalue weighted by atomic mass is 9.78. The number of hydrazone groups is 1. The van der Waals surface area contributed by atoms with E-state index < -0.39 is 6.04 Å². The summed E-state index contributed by atoms with van der Waals surface area (Å²) in [6, 6.07) is 15.8. The summed E-state index contributed by atoms with van der Waals surface area (Å²) in [5, 5.41) is 8.25. The van der Waals surface area contributed by atoms with Crippen molar-refractivity contribution in [3.63, 3.8) is 0 Å². The van der Waals surface area contributed by atoms with Gasteiger partial charge < -0.3 is 15.1 Å². The zero-order chi connectivity index (χ0) is 17.5. The Bertz CT molecular complexity index is 981. The quantitative estimate of drug-likeness (QED) is 0.639. The minimum atomic E-state index is -0.430. The van der Waals surface area contributed by atoms with Gasteiger partial charge in [0.15, 0.2) is 0 Å². The Morgan fingerprint density at radius 3 is 2.69 bits per heavy atom. The molecule has 5 rings (SSSR count). The number of H-pyrrole nitrogens is 1. The minimum Gasteiger partial charge on any atom is -0.377 e. The first-order valence-corrected chi connectivity index (χ1v) is 8.59. The third-order valence-corrected chi connectivity index (χ3v) is 5.06. The molecule has 0 spiro atoms. The monoisotopic (exact) mass is 343 g/mol. The van der Waals surface area contributed by atoms with E-state index in [1.54, 1.807) is 6.20 Å². The molecule has 128 valence electrons. The molecule has 2 aliphatic rings. The number of aromatic nitrogens is 2. The summed E-state index contributed by atoms with van der Waals surface area (Å²) >= 11 is 0. The van der Waals surface area contributed by atoms with Crippen molar-refractivity contribution in [2.24, 2.45) is 5.10 Å². The van der Waals surface area contributed by atoms with Gasteiger partial charge in [-0.1, -0.05) is 42.5 Å². The molecule has 0 saturated heterocycles. The highest BCUT2D eigenvalue weighted by Gasteiger charge is 2.41. The number of aromatic amines is 1. The molecule has 1 aromatic heterocycles. The van der Waals surface area contributed by atoms with Crippen LogP contribution in [0.4, 0.5) is 5.69 Å². The summed E-state index contributed by atoms with van der Waals surface area (Å²) in [4.78, 5) is 19.2. The molecule has 0 saturated carbocycles. The van der Waals surface area contributed by atoms with E-state index in [1.807, 2.05) is 42.6 Å². The number of imidazole rings is 1. The molecule has 0 aliphatic carbocycles. The van der Waals surface area contributed by atoms with Crippen LogP contribution in [-0.4, -0.2) is 22.0 Å². The van der Waals surface area contributed by atoms with E-state index in [-0.39, 0.29) is 12.0 Å². The normalized spacial score (nSPS) is 23.2. The van der Waals surface area contributed by atoms with Crippen molar-refractivity contribution in [3.8, 4) is 0 Å². The number of benzene rings is 2. The maximum Gasteiger partial charge on any atom is 0.148 e. The van der Waals surface area contributed by atoms with E-state index in [9.17, 15) is 4.79 Å². The molecule has 26 heavy (non-hydrogen) atoms. The van der Waals surface area contributed by atoms with E-state index in [0.717, 1.165) is 40.2 Å². The van der Waals surface area contributed by atoms with Crippen LogP contribution in [0.25, 0.3) is 0 Å². The molecule has 3 aromatic rings. The molecule has 0 fully saturated rings. The highest BCUT2D eigenvalue weighted by molar-refractivity contribution is 6.13. The van der Waals surface area contributed by atoms with E-state index in [0.29, 0.717) is 0 Å². The SMILES string of the molecule is O=CC1NN=C2c3c(cccc31)NC(c1ccccc1)C2c1ncc[nH]1. The predicted molar refractivity (Wildman–Crippen MR) is 99.1 cm³/mol. The van der Waals surface area contributed by atoms with Gasteiger partial charge in [-0.3, -0.25) is 5.43 Å². The van der Waals surface area contributed by atoms with E-state index >= 15 is 0 Å². The van der Waals surface area contributed by atoms with Gasteiger partial charge in [-0.05, 0) is 17.2 Å². The molecule has 2 aliphatic heterocycles. The van der Waals surface area contributed by atoms with Gasteiger partial charge in [-0.2, -0.15) is 5.10 Å². The Morgan fingerprint density at radius 1 is 1.04 bits per heavy atom. The summed E-state index contributed by atoms with van der Waals surface area (Å²) in [6.45, 7) is 0. The van der Waals surface area contributed by atoms with Gasteiger partial charge in [0.05, 0.1) is 17.7 Å². The van der Waals surface area contributed by atoms with Crippen molar-refractivity contribution in [2.75, 3.05) is 5.32 Å². The Hall–Kier alpha value is -3.41. The van der Waals surface area contributed by atoms with Gasteiger partial charge in [0.25, 0.3) is 0 Å². The molecular formula is C20H17N5O. The number of nitrogens with zero attached hydrogens (tertiary/aromatic N) is 2.